The van der Waals surface area contributed by atoms with Gasteiger partial charge in [-0.25, -0.2) is 0 Å². The molecule has 0 saturated carbocycles. The summed E-state index contributed by atoms with van der Waals surface area (Å²) in [4.78, 5) is 4.78. The van der Waals surface area contributed by atoms with E-state index < -0.39 is 0 Å². The first kappa shape index (κ1) is 40.1. The zero-order chi connectivity index (χ0) is 44.1. The van der Waals surface area contributed by atoms with Gasteiger partial charge in [0, 0.05) is 33.8 Å². The summed E-state index contributed by atoms with van der Waals surface area (Å²) in [6, 6.07) is 101. The summed E-state index contributed by atoms with van der Waals surface area (Å²) in [6.45, 7) is 0. The fraction of sp³-hybridized carbons (Fsp3) is 0. The van der Waals surface area contributed by atoms with Crippen LogP contribution in [0.25, 0.3) is 66.4 Å². The molecule has 0 aliphatic rings. The van der Waals surface area contributed by atoms with E-state index in [9.17, 15) is 0 Å². The second-order valence-electron chi connectivity index (χ2n) is 16.6. The second-order valence-corrected chi connectivity index (χ2v) is 16.6. The van der Waals surface area contributed by atoms with Crippen LogP contribution in [0.15, 0.2) is 279 Å². The number of fused-ring (bicyclic) bond motifs is 1. The normalized spacial score (nSPS) is 11.0. The number of hydrogen-bond donors (Lipinski definition) is 0. The third-order valence-corrected chi connectivity index (χ3v) is 12.4. The highest BCUT2D eigenvalue weighted by Gasteiger charge is 2.20. The minimum atomic E-state index is 1.06. The van der Waals surface area contributed by atoms with Crippen LogP contribution in [-0.2, 0) is 0 Å². The van der Waals surface area contributed by atoms with Gasteiger partial charge in [-0.15, -0.1) is 0 Å². The lowest BCUT2D eigenvalue weighted by molar-refractivity contribution is 1.28. The van der Waals surface area contributed by atoms with E-state index in [0.29, 0.717) is 0 Å². The summed E-state index contributed by atoms with van der Waals surface area (Å²) in [5.41, 5.74) is 18.2. The minimum absolute atomic E-state index is 1.06. The first-order chi connectivity index (χ1) is 32.7. The molecular formula is C64H46N2. The average Bonchev–Trinajstić information content (AvgIpc) is 3.40. The van der Waals surface area contributed by atoms with Crippen LogP contribution in [0, 0.1) is 0 Å². The maximum Gasteiger partial charge on any atom is 0.0540 e. The van der Waals surface area contributed by atoms with Crippen molar-refractivity contribution in [2.24, 2.45) is 0 Å². The Labute approximate surface area is 387 Å². The van der Waals surface area contributed by atoms with Crippen LogP contribution in [0.2, 0.25) is 0 Å². The molecule has 0 amide bonds. The molecule has 2 heteroatoms. The average molecular weight is 843 g/mol. The Kier molecular flexibility index (Phi) is 11.0. The highest BCUT2D eigenvalue weighted by molar-refractivity contribution is 5.99. The molecule has 0 bridgehead atoms. The van der Waals surface area contributed by atoms with Gasteiger partial charge in [-0.2, -0.15) is 0 Å². The maximum absolute atomic E-state index is 2.42. The minimum Gasteiger partial charge on any atom is -0.310 e. The molecule has 0 unspecified atom stereocenters. The van der Waals surface area contributed by atoms with Gasteiger partial charge in [0.25, 0.3) is 0 Å². The summed E-state index contributed by atoms with van der Waals surface area (Å²) >= 11 is 0. The Morgan fingerprint density at radius 3 is 0.924 bits per heavy atom. The molecule has 11 aromatic carbocycles. The van der Waals surface area contributed by atoms with Gasteiger partial charge < -0.3 is 9.80 Å². The predicted octanol–water partition coefficient (Wildman–Crippen LogP) is 18.1. The molecule has 0 spiro atoms. The Morgan fingerprint density at radius 1 is 0.182 bits per heavy atom. The van der Waals surface area contributed by atoms with Gasteiger partial charge in [-0.3, -0.25) is 0 Å². The smallest absolute Gasteiger partial charge is 0.0540 e. The topological polar surface area (TPSA) is 6.48 Å². The number of nitrogens with zero attached hydrogens (tertiary/aromatic N) is 2. The largest absolute Gasteiger partial charge is 0.310 e. The summed E-state index contributed by atoms with van der Waals surface area (Å²) in [7, 11) is 0. The molecule has 66 heavy (non-hydrogen) atoms. The van der Waals surface area contributed by atoms with Crippen LogP contribution in [0.3, 0.4) is 0 Å². The number of benzene rings is 11. The molecule has 312 valence electrons. The molecule has 0 saturated heterocycles. The fourth-order valence-corrected chi connectivity index (χ4v) is 9.13. The maximum atomic E-state index is 2.42. The van der Waals surface area contributed by atoms with Crippen LogP contribution >= 0.6 is 0 Å². The highest BCUT2D eigenvalue weighted by atomic mass is 15.1. The van der Waals surface area contributed by atoms with Crippen LogP contribution in [0.4, 0.5) is 34.1 Å². The van der Waals surface area contributed by atoms with Gasteiger partial charge in [0.15, 0.2) is 0 Å². The lowest BCUT2D eigenvalue weighted by Crippen LogP contribution is -2.11. The van der Waals surface area contributed by atoms with Crippen LogP contribution in [0.5, 0.6) is 0 Å². The van der Waals surface area contributed by atoms with Gasteiger partial charge in [0.2, 0.25) is 0 Å². The quantitative estimate of drug-likeness (QED) is 0.128. The predicted molar refractivity (Wildman–Crippen MR) is 280 cm³/mol. The van der Waals surface area contributed by atoms with Crippen molar-refractivity contribution in [1.29, 1.82) is 0 Å². The summed E-state index contributed by atoms with van der Waals surface area (Å²) in [5, 5.41) is 2.43. The summed E-state index contributed by atoms with van der Waals surface area (Å²) in [5.74, 6) is 0. The summed E-state index contributed by atoms with van der Waals surface area (Å²) in [6.07, 6.45) is 0. The van der Waals surface area contributed by atoms with Crippen molar-refractivity contribution in [1.82, 2.24) is 0 Å². The lowest BCUT2D eigenvalue weighted by atomic mass is 9.95. The van der Waals surface area contributed by atoms with Crippen molar-refractivity contribution in [2.75, 3.05) is 9.80 Å². The molecule has 2 nitrogen and oxygen atoms in total. The van der Waals surface area contributed by atoms with Crippen molar-refractivity contribution < 1.29 is 0 Å². The van der Waals surface area contributed by atoms with E-state index in [-0.39, 0.29) is 0 Å². The van der Waals surface area contributed by atoms with Gasteiger partial charge in [0.1, 0.15) is 0 Å². The highest BCUT2D eigenvalue weighted by Crippen LogP contribution is 2.44. The standard InChI is InChI=1S/C64H46N2/c1-6-19-47(20-7-1)54-41-55(48-21-8-2-9-22-48)44-61(43-54)65(62-45-56(49-23-10-3-11-24-49)42-57(46-62)50-25-12-4-13-26-50)59-37-33-51(34-38-59)52-35-39-60(40-36-52)66(58-29-14-5-15-30-58)64-32-18-28-53-27-16-17-31-63(53)64/h1-46H. The van der Waals surface area contributed by atoms with Crippen molar-refractivity contribution in [3.8, 4) is 55.6 Å². The van der Waals surface area contributed by atoms with Gasteiger partial charge in [-0.05, 0) is 140 Å². The SMILES string of the molecule is c1ccc(-c2cc(-c3ccccc3)cc(N(c3ccc(-c4ccc(N(c5ccccc5)c5cccc6ccccc56)cc4)cc3)c3cc(-c4ccccc4)cc(-c4ccccc4)c3)c2)cc1. The van der Waals surface area contributed by atoms with Crippen molar-refractivity contribution in [2.45, 2.75) is 0 Å². The number of rotatable bonds is 11. The summed E-state index contributed by atoms with van der Waals surface area (Å²) < 4.78 is 0. The molecule has 11 rings (SSSR count). The number of para-hydroxylation sites is 1. The molecule has 0 fully saturated rings. The molecule has 0 aliphatic carbocycles. The molecule has 0 atom stereocenters. The number of anilines is 6. The van der Waals surface area contributed by atoms with Gasteiger partial charge >= 0.3 is 0 Å². The van der Waals surface area contributed by atoms with E-state index in [1.54, 1.807) is 0 Å². The van der Waals surface area contributed by atoms with E-state index >= 15 is 0 Å². The molecular weight excluding hydrogens is 797 g/mol. The Hall–Kier alpha value is -8.72. The van der Waals surface area contributed by atoms with Crippen LogP contribution < -0.4 is 9.80 Å². The first-order valence-electron chi connectivity index (χ1n) is 22.6. The van der Waals surface area contributed by atoms with Crippen molar-refractivity contribution in [3.63, 3.8) is 0 Å². The van der Waals surface area contributed by atoms with E-state index in [4.69, 9.17) is 0 Å². The Morgan fingerprint density at radius 2 is 0.500 bits per heavy atom. The number of hydrogen-bond acceptors (Lipinski definition) is 2. The van der Waals surface area contributed by atoms with Crippen molar-refractivity contribution in [3.05, 3.63) is 279 Å². The van der Waals surface area contributed by atoms with E-state index in [0.717, 1.165) is 67.5 Å². The molecule has 0 radical (unpaired) electrons. The van der Waals surface area contributed by atoms with Crippen molar-refractivity contribution >= 4 is 44.9 Å². The Balaban J connectivity index is 1.04. The second kappa shape index (κ2) is 18.2. The van der Waals surface area contributed by atoms with E-state index in [2.05, 4.69) is 289 Å². The lowest BCUT2D eigenvalue weighted by Gasteiger charge is -2.28. The zero-order valence-electron chi connectivity index (χ0n) is 36.5. The molecule has 0 aliphatic heterocycles. The van der Waals surface area contributed by atoms with Gasteiger partial charge in [0.05, 0.1) is 5.69 Å². The molecule has 11 aromatic rings. The van der Waals surface area contributed by atoms with Gasteiger partial charge in [-0.1, -0.05) is 200 Å². The van der Waals surface area contributed by atoms with Crippen LogP contribution in [0.1, 0.15) is 0 Å². The van der Waals surface area contributed by atoms with E-state index in [1.165, 1.54) is 33.0 Å². The Bertz CT molecular complexity index is 3120. The van der Waals surface area contributed by atoms with Crippen LogP contribution in [-0.4, -0.2) is 0 Å². The first-order valence-corrected chi connectivity index (χ1v) is 22.6. The fourth-order valence-electron chi connectivity index (χ4n) is 9.13. The molecule has 0 aromatic heterocycles. The van der Waals surface area contributed by atoms with E-state index in [1.807, 2.05) is 0 Å². The third kappa shape index (κ3) is 8.28. The molecule has 0 heterocycles. The third-order valence-electron chi connectivity index (χ3n) is 12.4. The zero-order valence-corrected chi connectivity index (χ0v) is 36.5. The molecule has 0 N–H and O–H groups in total. The monoisotopic (exact) mass is 842 g/mol.